The Hall–Kier alpha value is -5.21. The molecule has 13 heteroatoms. The molecule has 1 amide bonds. The van der Waals surface area contributed by atoms with Crippen molar-refractivity contribution in [2.75, 3.05) is 33.2 Å². The minimum atomic E-state index is -4.28. The number of carbonyl (C=O) groups excluding carboxylic acids is 1. The second-order valence-electron chi connectivity index (χ2n) is 12.7. The fourth-order valence-electron chi connectivity index (χ4n) is 6.51. The molecule has 3 heterocycles. The van der Waals surface area contributed by atoms with Crippen molar-refractivity contribution in [1.29, 1.82) is 0 Å². The number of amides is 1. The molecule has 1 fully saturated rings. The van der Waals surface area contributed by atoms with Gasteiger partial charge in [-0.2, -0.15) is 12.7 Å². The largest absolute Gasteiger partial charge is 0.378 e. The normalized spacial score (nSPS) is 14.8. The lowest BCUT2D eigenvalue weighted by molar-refractivity contribution is -0.136. The van der Waals surface area contributed by atoms with Crippen LogP contribution in [0.1, 0.15) is 11.1 Å². The predicted octanol–water partition coefficient (Wildman–Crippen LogP) is 5.13. The van der Waals surface area contributed by atoms with Crippen molar-refractivity contribution in [3.05, 3.63) is 139 Å². The summed E-state index contributed by atoms with van der Waals surface area (Å²) in [7, 11) is -7.12. The summed E-state index contributed by atoms with van der Waals surface area (Å²) in [5, 5.41) is 2.00. The number of benzene rings is 4. The molecule has 2 aromatic heterocycles. The standard InChI is InChI=1S/C39H37N5O6S2/c1-42(51(46,47)37-34-13-7-5-11-31(34)19-21-40-37)36(39(45)44-25-23-43(24-26-44)28-30-9-3-2-4-10-30)27-29-15-17-33(18-16-29)50-52(48,49)38-35-14-8-6-12-32(35)20-22-41-38/h2-22,36H,23-28H2,1H3/t36-/m0/s1. The Labute approximate surface area is 303 Å². The lowest BCUT2D eigenvalue weighted by Gasteiger charge is -2.38. The molecule has 0 N–H and O–H groups in total. The Morgan fingerprint density at radius 2 is 1.25 bits per heavy atom. The van der Waals surface area contributed by atoms with Crippen LogP contribution in [0.5, 0.6) is 5.75 Å². The number of rotatable bonds is 11. The molecule has 4 aromatic carbocycles. The van der Waals surface area contributed by atoms with Crippen molar-refractivity contribution in [3.8, 4) is 5.75 Å². The van der Waals surface area contributed by atoms with Crippen LogP contribution in [0.15, 0.2) is 138 Å². The fraction of sp³-hybridized carbons (Fsp3) is 0.205. The maximum Gasteiger partial charge on any atom is 0.357 e. The Kier molecular flexibility index (Phi) is 10.0. The molecule has 6 aromatic rings. The van der Waals surface area contributed by atoms with Crippen molar-refractivity contribution in [3.63, 3.8) is 0 Å². The topological polar surface area (TPSA) is 130 Å². The molecular weight excluding hydrogens is 699 g/mol. The van der Waals surface area contributed by atoms with Gasteiger partial charge in [0.15, 0.2) is 5.03 Å². The highest BCUT2D eigenvalue weighted by atomic mass is 32.2. The van der Waals surface area contributed by atoms with Gasteiger partial charge >= 0.3 is 10.1 Å². The first-order valence-corrected chi connectivity index (χ1v) is 19.7. The molecule has 0 aliphatic carbocycles. The van der Waals surface area contributed by atoms with Gasteiger partial charge in [-0.1, -0.05) is 91.0 Å². The number of carbonyl (C=O) groups is 1. The lowest BCUT2D eigenvalue weighted by atomic mass is 10.0. The molecule has 11 nitrogen and oxygen atoms in total. The Bertz CT molecular complexity index is 2430. The van der Waals surface area contributed by atoms with E-state index in [1.807, 2.05) is 36.4 Å². The molecule has 0 bridgehead atoms. The van der Waals surface area contributed by atoms with E-state index < -0.39 is 26.2 Å². The molecule has 1 aliphatic rings. The summed E-state index contributed by atoms with van der Waals surface area (Å²) in [4.78, 5) is 26.7. The number of piperazine rings is 1. The molecule has 0 saturated carbocycles. The minimum Gasteiger partial charge on any atom is -0.378 e. The summed E-state index contributed by atoms with van der Waals surface area (Å²) in [6.07, 6.45) is 2.90. The highest BCUT2D eigenvalue weighted by molar-refractivity contribution is 7.89. The predicted molar refractivity (Wildman–Crippen MR) is 198 cm³/mol. The quantitative estimate of drug-likeness (QED) is 0.166. The van der Waals surface area contributed by atoms with E-state index in [4.69, 9.17) is 4.18 Å². The van der Waals surface area contributed by atoms with Gasteiger partial charge in [0.2, 0.25) is 10.9 Å². The van der Waals surface area contributed by atoms with Crippen molar-refractivity contribution >= 4 is 47.6 Å². The number of hydrogen-bond donors (Lipinski definition) is 0. The molecule has 1 aliphatic heterocycles. The molecule has 0 spiro atoms. The highest BCUT2D eigenvalue weighted by Gasteiger charge is 2.38. The average Bonchev–Trinajstić information content (AvgIpc) is 3.17. The molecule has 1 atom stereocenters. The van der Waals surface area contributed by atoms with Crippen molar-refractivity contribution in [2.24, 2.45) is 0 Å². The molecule has 266 valence electrons. The summed E-state index contributed by atoms with van der Waals surface area (Å²) >= 11 is 0. The van der Waals surface area contributed by atoms with Crippen molar-refractivity contribution < 1.29 is 25.8 Å². The smallest absolute Gasteiger partial charge is 0.357 e. The second-order valence-corrected chi connectivity index (χ2v) is 16.1. The number of aromatic nitrogens is 2. The number of hydrogen-bond acceptors (Lipinski definition) is 9. The van der Waals surface area contributed by atoms with E-state index in [1.165, 1.54) is 37.1 Å². The van der Waals surface area contributed by atoms with Crippen LogP contribution in [0.3, 0.4) is 0 Å². The summed E-state index contributed by atoms with van der Waals surface area (Å²) < 4.78 is 61.6. The first kappa shape index (κ1) is 35.2. The van der Waals surface area contributed by atoms with E-state index in [2.05, 4.69) is 27.0 Å². The Morgan fingerprint density at radius 3 is 1.88 bits per heavy atom. The van der Waals surface area contributed by atoms with Gasteiger partial charge in [-0.05, 0) is 52.6 Å². The Balaban J connectivity index is 1.14. The van der Waals surface area contributed by atoms with Crippen LogP contribution >= 0.6 is 0 Å². The van der Waals surface area contributed by atoms with Crippen LogP contribution in [-0.4, -0.2) is 86.1 Å². The average molecular weight is 736 g/mol. The second kappa shape index (κ2) is 14.8. The van der Waals surface area contributed by atoms with Crippen molar-refractivity contribution in [2.45, 2.75) is 29.1 Å². The summed E-state index contributed by atoms with van der Waals surface area (Å²) in [5.74, 6) is -0.271. The van der Waals surface area contributed by atoms with Gasteiger partial charge < -0.3 is 9.08 Å². The molecule has 0 unspecified atom stereocenters. The SMILES string of the molecule is CN([C@@H](Cc1ccc(OS(=O)(=O)c2nccc3ccccc23)cc1)C(=O)N1CCN(Cc2ccccc2)CC1)S(=O)(=O)c1nccc2ccccc12. The Morgan fingerprint density at radius 1 is 0.692 bits per heavy atom. The zero-order valence-electron chi connectivity index (χ0n) is 28.4. The number of pyridine rings is 2. The maximum absolute atomic E-state index is 14.3. The van der Waals surface area contributed by atoms with Crippen LogP contribution in [0.25, 0.3) is 21.5 Å². The highest BCUT2D eigenvalue weighted by Crippen LogP contribution is 2.28. The van der Waals surface area contributed by atoms with Gasteiger partial charge in [-0.15, -0.1) is 0 Å². The van der Waals surface area contributed by atoms with Crippen LogP contribution in [-0.2, 0) is 37.9 Å². The van der Waals surface area contributed by atoms with Gasteiger partial charge in [0.1, 0.15) is 11.8 Å². The van der Waals surface area contributed by atoms with Crippen LogP contribution in [0, 0.1) is 0 Å². The van der Waals surface area contributed by atoms with Crippen LogP contribution in [0.2, 0.25) is 0 Å². The number of sulfonamides is 1. The zero-order valence-corrected chi connectivity index (χ0v) is 30.1. The first-order chi connectivity index (χ1) is 25.1. The van der Waals surface area contributed by atoms with E-state index in [9.17, 15) is 21.6 Å². The van der Waals surface area contributed by atoms with E-state index in [1.54, 1.807) is 59.5 Å². The van der Waals surface area contributed by atoms with Gasteiger partial charge in [-0.25, -0.2) is 18.4 Å². The van der Waals surface area contributed by atoms with Crippen molar-refractivity contribution in [1.82, 2.24) is 24.1 Å². The molecular formula is C39H37N5O6S2. The van der Waals surface area contributed by atoms with Gasteiger partial charge in [0.25, 0.3) is 10.0 Å². The minimum absolute atomic E-state index is 0.0292. The number of fused-ring (bicyclic) bond motifs is 2. The van der Waals surface area contributed by atoms with Gasteiger partial charge in [-0.3, -0.25) is 9.69 Å². The van der Waals surface area contributed by atoms with Gasteiger partial charge in [0.05, 0.1) is 0 Å². The molecule has 0 radical (unpaired) electrons. The summed E-state index contributed by atoms with van der Waals surface area (Å²) in [6, 6.07) is 32.8. The third-order valence-electron chi connectivity index (χ3n) is 9.35. The summed E-state index contributed by atoms with van der Waals surface area (Å²) in [5.41, 5.74) is 1.80. The van der Waals surface area contributed by atoms with E-state index >= 15 is 0 Å². The van der Waals surface area contributed by atoms with Gasteiger partial charge in [0, 0.05) is 62.9 Å². The number of nitrogens with zero attached hydrogens (tertiary/aromatic N) is 5. The first-order valence-electron chi connectivity index (χ1n) is 16.8. The van der Waals surface area contributed by atoms with E-state index in [-0.39, 0.29) is 28.1 Å². The molecule has 7 rings (SSSR count). The van der Waals surface area contributed by atoms with Crippen LogP contribution < -0.4 is 4.18 Å². The zero-order chi connectivity index (χ0) is 36.3. The van der Waals surface area contributed by atoms with Crippen LogP contribution in [0.4, 0.5) is 0 Å². The lowest BCUT2D eigenvalue weighted by Crippen LogP contribution is -2.55. The monoisotopic (exact) mass is 735 g/mol. The maximum atomic E-state index is 14.3. The summed E-state index contributed by atoms with van der Waals surface area (Å²) in [6.45, 7) is 2.92. The van der Waals surface area contributed by atoms with E-state index in [0.717, 1.165) is 10.8 Å². The van der Waals surface area contributed by atoms with E-state index in [0.29, 0.717) is 53.3 Å². The number of likely N-dealkylation sites (N-methyl/N-ethyl adjacent to an activating group) is 1. The third kappa shape index (κ3) is 7.39. The molecule has 1 saturated heterocycles. The third-order valence-corrected chi connectivity index (χ3v) is 12.4. The fourth-order valence-corrected chi connectivity index (χ4v) is 9.03. The molecule has 52 heavy (non-hydrogen) atoms.